The summed E-state index contributed by atoms with van der Waals surface area (Å²) in [6.07, 6.45) is 10.7. The van der Waals surface area contributed by atoms with Crippen molar-refractivity contribution in [2.24, 2.45) is 23.7 Å². The van der Waals surface area contributed by atoms with Crippen LogP contribution < -0.4 is 14.4 Å². The van der Waals surface area contributed by atoms with Crippen molar-refractivity contribution in [1.82, 2.24) is 9.62 Å². The summed E-state index contributed by atoms with van der Waals surface area (Å²) < 4.78 is 36.9. The fourth-order valence-electron chi connectivity index (χ4n) is 10.1. The number of ether oxygens (including phenoxy) is 3. The third kappa shape index (κ3) is 7.07. The summed E-state index contributed by atoms with van der Waals surface area (Å²) in [6, 6.07) is 12.4. The van der Waals surface area contributed by atoms with Crippen LogP contribution in [0.4, 0.5) is 5.69 Å². The Hall–Kier alpha value is -2.30. The first-order chi connectivity index (χ1) is 24.6. The van der Waals surface area contributed by atoms with Gasteiger partial charge in [0.15, 0.2) is 6.29 Å². The van der Waals surface area contributed by atoms with Crippen LogP contribution in [0.25, 0.3) is 0 Å². The minimum atomic E-state index is -2.90. The SMILES string of the molecule is C=S1(=O)NC(=O)c2ccc3c(c2)N(C[C@@H]2CC[C@H]2[C@@H](C2OCC(N4CCCC4)CO2)CCC[C@H](C)[C@H]1C)C[C@@]1(CCCc2cc(Cl)ccc21)CO3. The minimum Gasteiger partial charge on any atom is -0.490 e. The molecular formula is C41H56ClN3O5S. The average Bonchev–Trinajstić information content (AvgIpc) is 3.61. The highest BCUT2D eigenvalue weighted by Gasteiger charge is 2.47. The van der Waals surface area contributed by atoms with Crippen LogP contribution in [0.1, 0.15) is 93.1 Å². The quantitative estimate of drug-likeness (QED) is 0.338. The zero-order chi connectivity index (χ0) is 35.3. The molecule has 8 nitrogen and oxygen atoms in total. The smallest absolute Gasteiger partial charge is 0.262 e. The van der Waals surface area contributed by atoms with Crippen molar-refractivity contribution in [3.63, 3.8) is 0 Å². The highest BCUT2D eigenvalue weighted by molar-refractivity contribution is 7.99. The van der Waals surface area contributed by atoms with Gasteiger partial charge in [-0.2, -0.15) is 0 Å². The van der Waals surface area contributed by atoms with Gasteiger partial charge >= 0.3 is 0 Å². The lowest BCUT2D eigenvalue weighted by Crippen LogP contribution is -2.52. The maximum atomic E-state index is 14.0. The monoisotopic (exact) mass is 737 g/mol. The fourth-order valence-corrected chi connectivity index (χ4v) is 11.8. The second-order valence-corrected chi connectivity index (χ2v) is 19.5. The highest BCUT2D eigenvalue weighted by atomic mass is 35.5. The van der Waals surface area contributed by atoms with E-state index >= 15 is 0 Å². The molecule has 2 aromatic rings. The molecule has 2 bridgehead atoms. The van der Waals surface area contributed by atoms with E-state index in [0.717, 1.165) is 101 Å². The molecule has 1 saturated carbocycles. The van der Waals surface area contributed by atoms with Gasteiger partial charge in [0.1, 0.15) is 5.75 Å². The molecule has 1 spiro atoms. The van der Waals surface area contributed by atoms with Crippen LogP contribution in [0.3, 0.4) is 0 Å². The number of hydrogen-bond acceptors (Lipinski definition) is 7. The number of halogens is 1. The van der Waals surface area contributed by atoms with E-state index < -0.39 is 9.71 Å². The zero-order valence-corrected chi connectivity index (χ0v) is 32.0. The number of nitrogens with zero attached hydrogens (tertiary/aromatic N) is 2. The van der Waals surface area contributed by atoms with Crippen LogP contribution in [0, 0.1) is 23.7 Å². The van der Waals surface area contributed by atoms with Crippen molar-refractivity contribution in [3.8, 4) is 5.75 Å². The number of likely N-dealkylation sites (tertiary alicyclic amines) is 1. The molecule has 6 aliphatic rings. The van der Waals surface area contributed by atoms with Crippen LogP contribution in [0.5, 0.6) is 5.75 Å². The zero-order valence-electron chi connectivity index (χ0n) is 30.5. The van der Waals surface area contributed by atoms with E-state index in [-0.39, 0.29) is 28.8 Å². The molecule has 8 rings (SSSR count). The molecule has 2 aromatic carbocycles. The molecule has 2 aliphatic carbocycles. The van der Waals surface area contributed by atoms with Crippen LogP contribution in [-0.4, -0.2) is 84.5 Å². The maximum absolute atomic E-state index is 14.0. The second-order valence-electron chi connectivity index (χ2n) is 16.7. The minimum absolute atomic E-state index is 0.133. The van der Waals surface area contributed by atoms with Gasteiger partial charge in [0.25, 0.3) is 5.91 Å². The molecular weight excluding hydrogens is 682 g/mol. The first-order valence-electron chi connectivity index (χ1n) is 19.6. The van der Waals surface area contributed by atoms with E-state index in [1.165, 1.54) is 30.4 Å². The lowest BCUT2D eigenvalue weighted by Gasteiger charge is -2.49. The van der Waals surface area contributed by atoms with E-state index in [9.17, 15) is 9.00 Å². The summed E-state index contributed by atoms with van der Waals surface area (Å²) in [4.78, 5) is 18.8. The van der Waals surface area contributed by atoms with Gasteiger partial charge in [-0.05, 0) is 143 Å². The third-order valence-electron chi connectivity index (χ3n) is 13.6. The number of benzene rings is 2. The molecule has 278 valence electrons. The van der Waals surface area contributed by atoms with Gasteiger partial charge in [-0.3, -0.25) is 14.4 Å². The summed E-state index contributed by atoms with van der Waals surface area (Å²) in [5, 5.41) is 0.505. The molecule has 0 radical (unpaired) electrons. The first-order valence-corrected chi connectivity index (χ1v) is 21.7. The Bertz CT molecular complexity index is 1710. The number of aryl methyl sites for hydroxylation is 1. The molecule has 1 N–H and O–H groups in total. The molecule has 1 amide bonds. The van der Waals surface area contributed by atoms with Crippen LogP contribution >= 0.6 is 11.6 Å². The maximum Gasteiger partial charge on any atom is 0.262 e. The Labute approximate surface area is 310 Å². The topological polar surface area (TPSA) is 80.3 Å². The van der Waals surface area contributed by atoms with E-state index in [2.05, 4.69) is 39.4 Å². The molecule has 4 aliphatic heterocycles. The molecule has 51 heavy (non-hydrogen) atoms. The van der Waals surface area contributed by atoms with Gasteiger partial charge < -0.3 is 19.1 Å². The Morgan fingerprint density at radius 3 is 2.53 bits per heavy atom. The van der Waals surface area contributed by atoms with Crippen molar-refractivity contribution in [1.29, 1.82) is 0 Å². The first kappa shape index (κ1) is 35.7. The van der Waals surface area contributed by atoms with Crippen molar-refractivity contribution in [2.75, 3.05) is 50.9 Å². The predicted molar refractivity (Wildman–Crippen MR) is 205 cm³/mol. The largest absolute Gasteiger partial charge is 0.490 e. The third-order valence-corrected chi connectivity index (χ3v) is 16.0. The Balaban J connectivity index is 1.14. The molecule has 10 heteroatoms. The number of carbonyl (C=O) groups excluding carboxylic acids is 1. The van der Waals surface area contributed by atoms with E-state index in [4.69, 9.17) is 25.8 Å². The second kappa shape index (κ2) is 14.5. The van der Waals surface area contributed by atoms with E-state index in [0.29, 0.717) is 36.0 Å². The van der Waals surface area contributed by atoms with Crippen LogP contribution in [0.15, 0.2) is 36.4 Å². The lowest BCUT2D eigenvalue weighted by molar-refractivity contribution is -0.242. The number of anilines is 1. The molecule has 4 heterocycles. The Morgan fingerprint density at radius 1 is 0.961 bits per heavy atom. The number of nitrogens with one attached hydrogen (secondary N) is 1. The number of fused-ring (bicyclic) bond motifs is 4. The van der Waals surface area contributed by atoms with Crippen molar-refractivity contribution in [3.05, 3.63) is 58.1 Å². The normalized spacial score (nSPS) is 37.7. The predicted octanol–water partition coefficient (Wildman–Crippen LogP) is 6.86. The molecule has 3 fully saturated rings. The molecule has 1 unspecified atom stereocenters. The van der Waals surface area contributed by atoms with Gasteiger partial charge in [0, 0.05) is 40.3 Å². The number of carbonyl (C=O) groups is 1. The van der Waals surface area contributed by atoms with Crippen LogP contribution in [-0.2, 0) is 31.0 Å². The van der Waals surface area contributed by atoms with Gasteiger partial charge in [-0.25, -0.2) is 4.21 Å². The van der Waals surface area contributed by atoms with Gasteiger partial charge in [0.2, 0.25) is 0 Å². The van der Waals surface area contributed by atoms with Gasteiger partial charge in [0.05, 0.1) is 41.3 Å². The van der Waals surface area contributed by atoms with Crippen molar-refractivity contribution in [2.45, 2.75) is 101 Å². The van der Waals surface area contributed by atoms with Crippen LogP contribution in [0.2, 0.25) is 5.02 Å². The molecule has 2 saturated heterocycles. The number of rotatable bonds is 2. The summed E-state index contributed by atoms with van der Waals surface area (Å²) in [5.41, 5.74) is 3.86. The molecule has 7 atom stereocenters. The lowest BCUT2D eigenvalue weighted by atomic mass is 9.64. The summed E-state index contributed by atoms with van der Waals surface area (Å²) >= 11 is 6.51. The average molecular weight is 738 g/mol. The van der Waals surface area contributed by atoms with Gasteiger partial charge in [-0.15, -0.1) is 0 Å². The Kier molecular flexibility index (Phi) is 10.2. The summed E-state index contributed by atoms with van der Waals surface area (Å²) in [6.45, 7) is 10.1. The summed E-state index contributed by atoms with van der Waals surface area (Å²) in [7, 11) is -2.90. The van der Waals surface area contributed by atoms with Gasteiger partial charge in [-0.1, -0.05) is 31.0 Å². The molecule has 0 aromatic heterocycles. The van der Waals surface area contributed by atoms with E-state index in [1.54, 1.807) is 6.07 Å². The standard InChI is InChI=1S/C41H56ClN3O5S/c1-27-8-6-10-35(40-48-23-33(24-49-40)44-18-4-5-19-44)34-14-11-31(34)22-45-25-41(17-7-9-29-20-32(42)13-15-36(29)41)26-50-38-16-12-30(21-37(38)45)39(46)43-51(3,47)28(27)2/h12-13,15-16,20-21,27-28,31,33-35,40H,3-11,14,17-19,22-26H2,1-2H3,(H,43,46,47)/t27-,28+,31-,33?,34+,35-,40?,41-,51?/m0/s1. The number of amides is 1. The summed E-state index contributed by atoms with van der Waals surface area (Å²) in [5.74, 6) is 5.90. The number of hydrogen-bond donors (Lipinski definition) is 1. The van der Waals surface area contributed by atoms with E-state index in [1.807, 2.05) is 25.1 Å². The Morgan fingerprint density at radius 2 is 1.76 bits per heavy atom. The fraction of sp³-hybridized carbons (Fsp3) is 0.659. The van der Waals surface area contributed by atoms with Crippen molar-refractivity contribution >= 4 is 38.8 Å². The highest BCUT2D eigenvalue weighted by Crippen LogP contribution is 2.49. The van der Waals surface area contributed by atoms with Crippen molar-refractivity contribution < 1.29 is 23.2 Å².